The van der Waals surface area contributed by atoms with E-state index in [2.05, 4.69) is 41.8 Å². The van der Waals surface area contributed by atoms with Gasteiger partial charge in [-0.3, -0.25) is 4.79 Å². The molecule has 0 spiro atoms. The number of halogens is 1. The van der Waals surface area contributed by atoms with E-state index in [1.54, 1.807) is 0 Å². The van der Waals surface area contributed by atoms with Crippen LogP contribution in [0.1, 0.15) is 63.0 Å². The van der Waals surface area contributed by atoms with Crippen LogP contribution in [0, 0.1) is 0 Å². The maximum absolute atomic E-state index is 12.1. The van der Waals surface area contributed by atoms with Crippen LogP contribution in [0.3, 0.4) is 0 Å². The molecule has 2 aliphatic rings. The molecule has 3 rings (SSSR count). The predicted molar refractivity (Wildman–Crippen MR) is 143 cm³/mol. The number of guanidine groups is 1. The number of nitrogens with zero attached hydrogens (tertiary/aromatic N) is 2. The Kier molecular flexibility index (Phi) is 13.7. The van der Waals surface area contributed by atoms with Crippen LogP contribution in [0.25, 0.3) is 0 Å². The van der Waals surface area contributed by atoms with E-state index in [0.717, 1.165) is 77.5 Å². The smallest absolute Gasteiger partial charge is 0.222 e. The van der Waals surface area contributed by atoms with Crippen LogP contribution in [0.5, 0.6) is 0 Å². The lowest BCUT2D eigenvalue weighted by molar-refractivity contribution is -0.130. The van der Waals surface area contributed by atoms with E-state index in [1.807, 2.05) is 4.90 Å². The number of nitrogens with one attached hydrogen (secondary N) is 2. The molecule has 2 saturated heterocycles. The third-order valence-corrected chi connectivity index (χ3v) is 6.01. The van der Waals surface area contributed by atoms with Gasteiger partial charge in [-0.15, -0.1) is 24.0 Å². The highest BCUT2D eigenvalue weighted by Gasteiger charge is 2.16. The standard InChI is InChI=1S/C25H40N4O3.HI/c1-2-26-25(27-14-6-16-29-15-5-3-4-7-24(29)30)28-19-21-8-10-22(11-9-21)20-32-23-12-17-31-18-13-23;/h8-11,23H,2-7,12-20H2,1H3,(H2,26,27,28);1H. The molecule has 2 aliphatic heterocycles. The second-order valence-electron chi connectivity index (χ2n) is 8.61. The third-order valence-electron chi connectivity index (χ3n) is 6.01. The highest BCUT2D eigenvalue weighted by Crippen LogP contribution is 2.14. The van der Waals surface area contributed by atoms with Gasteiger partial charge in [-0.05, 0) is 50.2 Å². The summed E-state index contributed by atoms with van der Waals surface area (Å²) < 4.78 is 11.4. The van der Waals surface area contributed by atoms with Crippen LogP contribution in [-0.2, 0) is 27.4 Å². The van der Waals surface area contributed by atoms with Gasteiger partial charge in [0.15, 0.2) is 5.96 Å². The SMILES string of the molecule is CCNC(=NCc1ccc(COC2CCOCC2)cc1)NCCCN1CCCCCC1=O.I. The van der Waals surface area contributed by atoms with Gasteiger partial charge < -0.3 is 25.0 Å². The van der Waals surface area contributed by atoms with Crippen molar-refractivity contribution in [1.29, 1.82) is 0 Å². The van der Waals surface area contributed by atoms with Gasteiger partial charge in [-0.25, -0.2) is 4.99 Å². The van der Waals surface area contributed by atoms with Gasteiger partial charge in [-0.2, -0.15) is 0 Å². The molecule has 1 aromatic carbocycles. The summed E-state index contributed by atoms with van der Waals surface area (Å²) >= 11 is 0. The highest BCUT2D eigenvalue weighted by molar-refractivity contribution is 14.0. The number of aliphatic imine (C=N–C) groups is 1. The van der Waals surface area contributed by atoms with Crippen molar-refractivity contribution in [2.75, 3.05) is 39.4 Å². The molecule has 2 heterocycles. The van der Waals surface area contributed by atoms with Crippen molar-refractivity contribution in [3.8, 4) is 0 Å². The maximum atomic E-state index is 12.1. The summed E-state index contributed by atoms with van der Waals surface area (Å²) in [7, 11) is 0. The van der Waals surface area contributed by atoms with E-state index in [4.69, 9.17) is 14.5 Å². The molecule has 0 bridgehead atoms. The molecule has 7 nitrogen and oxygen atoms in total. The van der Waals surface area contributed by atoms with Crippen LogP contribution in [0.15, 0.2) is 29.3 Å². The van der Waals surface area contributed by atoms with Gasteiger partial charge >= 0.3 is 0 Å². The number of benzene rings is 1. The minimum Gasteiger partial charge on any atom is -0.381 e. The Balaban J connectivity index is 0.00000385. The predicted octanol–water partition coefficient (Wildman–Crippen LogP) is 3.85. The zero-order valence-electron chi connectivity index (χ0n) is 20.0. The molecule has 0 atom stereocenters. The molecule has 1 aromatic rings. The second-order valence-corrected chi connectivity index (χ2v) is 8.61. The van der Waals surface area contributed by atoms with Crippen LogP contribution in [0.2, 0.25) is 0 Å². The van der Waals surface area contributed by atoms with Crippen LogP contribution < -0.4 is 10.6 Å². The molecule has 0 aromatic heterocycles. The summed E-state index contributed by atoms with van der Waals surface area (Å²) in [5.74, 6) is 1.13. The van der Waals surface area contributed by atoms with Gasteiger partial charge in [0.2, 0.25) is 5.91 Å². The molecule has 2 N–H and O–H groups in total. The Morgan fingerprint density at radius 1 is 1.12 bits per heavy atom. The molecule has 1 amide bonds. The number of likely N-dealkylation sites (tertiary alicyclic amines) is 1. The number of hydrogen-bond acceptors (Lipinski definition) is 4. The first-order valence-electron chi connectivity index (χ1n) is 12.3. The first-order chi connectivity index (χ1) is 15.7. The number of amides is 1. The van der Waals surface area contributed by atoms with Gasteiger partial charge in [0.1, 0.15) is 0 Å². The minimum atomic E-state index is 0. The first kappa shape index (κ1) is 27.9. The van der Waals surface area contributed by atoms with Gasteiger partial charge in [0.25, 0.3) is 0 Å². The van der Waals surface area contributed by atoms with Crippen molar-refractivity contribution in [1.82, 2.24) is 15.5 Å². The topological polar surface area (TPSA) is 75.2 Å². The lowest BCUT2D eigenvalue weighted by Crippen LogP contribution is -2.39. The van der Waals surface area contributed by atoms with E-state index in [1.165, 1.54) is 17.5 Å². The Morgan fingerprint density at radius 3 is 2.64 bits per heavy atom. The number of rotatable bonds is 10. The summed E-state index contributed by atoms with van der Waals surface area (Å²) in [4.78, 5) is 18.8. The molecular formula is C25H41IN4O3. The van der Waals surface area contributed by atoms with Crippen molar-refractivity contribution < 1.29 is 14.3 Å². The van der Waals surface area contributed by atoms with E-state index in [-0.39, 0.29) is 24.0 Å². The number of ether oxygens (including phenoxy) is 2. The summed E-state index contributed by atoms with van der Waals surface area (Å²) in [6, 6.07) is 8.51. The Labute approximate surface area is 216 Å². The van der Waals surface area contributed by atoms with Gasteiger partial charge in [0, 0.05) is 45.8 Å². The lowest BCUT2D eigenvalue weighted by Gasteiger charge is -2.22. The molecule has 0 saturated carbocycles. The lowest BCUT2D eigenvalue weighted by atomic mass is 10.1. The fraction of sp³-hybridized carbons (Fsp3) is 0.680. The minimum absolute atomic E-state index is 0. The fourth-order valence-electron chi connectivity index (χ4n) is 4.06. The van der Waals surface area contributed by atoms with Crippen molar-refractivity contribution in [2.45, 2.75) is 71.1 Å². The molecule has 33 heavy (non-hydrogen) atoms. The van der Waals surface area contributed by atoms with E-state index >= 15 is 0 Å². The molecule has 8 heteroatoms. The molecule has 186 valence electrons. The zero-order valence-corrected chi connectivity index (χ0v) is 22.4. The Bertz CT molecular complexity index is 708. The Morgan fingerprint density at radius 2 is 1.88 bits per heavy atom. The molecule has 0 aliphatic carbocycles. The van der Waals surface area contributed by atoms with Crippen LogP contribution in [-0.4, -0.2) is 62.3 Å². The maximum Gasteiger partial charge on any atom is 0.222 e. The molecule has 0 radical (unpaired) electrons. The summed E-state index contributed by atoms with van der Waals surface area (Å²) in [5, 5.41) is 6.71. The second kappa shape index (κ2) is 16.3. The third kappa shape index (κ3) is 10.6. The quantitative estimate of drug-likeness (QED) is 0.193. The average Bonchev–Trinajstić information content (AvgIpc) is 3.04. The van der Waals surface area contributed by atoms with Gasteiger partial charge in [-0.1, -0.05) is 30.7 Å². The summed E-state index contributed by atoms with van der Waals surface area (Å²) in [6.45, 7) is 8.31. The van der Waals surface area contributed by atoms with Crippen LogP contribution in [0.4, 0.5) is 0 Å². The number of carbonyl (C=O) groups is 1. The van der Waals surface area contributed by atoms with Crippen LogP contribution >= 0.6 is 24.0 Å². The number of carbonyl (C=O) groups excluding carboxylic acids is 1. The summed E-state index contributed by atoms with van der Waals surface area (Å²) in [5.41, 5.74) is 2.37. The van der Waals surface area contributed by atoms with Crippen molar-refractivity contribution >= 4 is 35.8 Å². The zero-order chi connectivity index (χ0) is 22.4. The average molecular weight is 573 g/mol. The van der Waals surface area contributed by atoms with E-state index in [0.29, 0.717) is 31.6 Å². The highest BCUT2D eigenvalue weighted by atomic mass is 127. The van der Waals surface area contributed by atoms with E-state index in [9.17, 15) is 4.79 Å². The number of hydrogen-bond donors (Lipinski definition) is 2. The van der Waals surface area contributed by atoms with E-state index < -0.39 is 0 Å². The van der Waals surface area contributed by atoms with Gasteiger partial charge in [0.05, 0.1) is 19.3 Å². The summed E-state index contributed by atoms with van der Waals surface area (Å²) in [6.07, 6.45) is 7.26. The largest absolute Gasteiger partial charge is 0.381 e. The fourth-order valence-corrected chi connectivity index (χ4v) is 4.06. The van der Waals surface area contributed by atoms with Crippen molar-refractivity contribution in [2.24, 2.45) is 4.99 Å². The van der Waals surface area contributed by atoms with Crippen molar-refractivity contribution in [3.63, 3.8) is 0 Å². The van der Waals surface area contributed by atoms with Crippen molar-refractivity contribution in [3.05, 3.63) is 35.4 Å². The molecular weight excluding hydrogens is 531 g/mol. The monoisotopic (exact) mass is 572 g/mol. The molecule has 0 unspecified atom stereocenters. The first-order valence-corrected chi connectivity index (χ1v) is 12.3. The Hall–Kier alpha value is -1.39. The molecule has 2 fully saturated rings. The normalized spacial score (nSPS) is 17.9.